The Balaban J connectivity index is 1.71. The van der Waals surface area contributed by atoms with E-state index in [0.717, 1.165) is 10.7 Å². The van der Waals surface area contributed by atoms with Gasteiger partial charge in [-0.2, -0.15) is 31.4 Å². The number of nitrogens with one attached hydrogen (secondary N) is 1. The molecule has 7 nitrogen and oxygen atoms in total. The van der Waals surface area contributed by atoms with Gasteiger partial charge in [0.15, 0.2) is 5.69 Å². The van der Waals surface area contributed by atoms with Crippen LogP contribution in [0.4, 0.5) is 32.2 Å². The minimum Gasteiger partial charge on any atom is -0.478 e. The fourth-order valence-electron chi connectivity index (χ4n) is 4.42. The predicted octanol–water partition coefficient (Wildman–Crippen LogP) is 5.52. The molecule has 1 atom stereocenters. The van der Waals surface area contributed by atoms with Gasteiger partial charge in [0, 0.05) is 19.6 Å². The van der Waals surface area contributed by atoms with Crippen molar-refractivity contribution >= 4 is 17.7 Å². The molecule has 1 aliphatic heterocycles. The quantitative estimate of drug-likeness (QED) is 0.402. The minimum atomic E-state index is -5.00. The maximum atomic E-state index is 14.0. The number of aromatic carboxylic acids is 1. The number of alkyl halides is 6. The van der Waals surface area contributed by atoms with Crippen LogP contribution in [-0.4, -0.2) is 33.3 Å². The molecule has 0 spiro atoms. The summed E-state index contributed by atoms with van der Waals surface area (Å²) in [6, 6.07) is 9.38. The van der Waals surface area contributed by atoms with Crippen molar-refractivity contribution in [2.24, 2.45) is 0 Å². The molecule has 0 unspecified atom stereocenters. The van der Waals surface area contributed by atoms with Crippen molar-refractivity contribution in [3.8, 4) is 0 Å². The van der Waals surface area contributed by atoms with Gasteiger partial charge in [-0.15, -0.1) is 0 Å². The van der Waals surface area contributed by atoms with Gasteiger partial charge in [0.25, 0.3) is 5.91 Å². The van der Waals surface area contributed by atoms with Crippen LogP contribution in [0.3, 0.4) is 0 Å². The lowest BCUT2D eigenvalue weighted by atomic mass is 10.0. The summed E-state index contributed by atoms with van der Waals surface area (Å²) in [5, 5.41) is 15.1. The van der Waals surface area contributed by atoms with Crippen LogP contribution in [0.2, 0.25) is 0 Å². The summed E-state index contributed by atoms with van der Waals surface area (Å²) in [4.78, 5) is 25.6. The number of nitrogens with zero attached hydrogens (tertiary/aromatic N) is 3. The number of rotatable bonds is 6. The van der Waals surface area contributed by atoms with Crippen LogP contribution >= 0.6 is 0 Å². The fraction of sp³-hybridized carbons (Fsp3) is 0.320. The standard InChI is InChI=1S/C25H22F6N4O3/c1-14(15-7-9-16(10-8-15)23(37)38)32-21(36)19-20(25(29,30)31)33-35-12-4-11-34(22(19)35)13-17-5-2-3-6-18(17)24(26,27)28/h2-3,5-10,14H,4,11-13H2,1H3,(H,32,36)(H,37,38)/t14-/m0/s1. The van der Waals surface area contributed by atoms with E-state index < -0.39 is 47.1 Å². The van der Waals surface area contributed by atoms with Crippen LogP contribution in [0, 0.1) is 0 Å². The molecule has 0 saturated carbocycles. The molecule has 0 radical (unpaired) electrons. The second kappa shape index (κ2) is 10.0. The SMILES string of the molecule is C[C@H](NC(=O)c1c(C(F)(F)F)nn2c1N(Cc1ccccc1C(F)(F)F)CCC2)c1ccc(C(=O)O)cc1. The highest BCUT2D eigenvalue weighted by atomic mass is 19.4. The Morgan fingerprint density at radius 2 is 1.66 bits per heavy atom. The molecule has 2 heterocycles. The molecule has 2 aromatic carbocycles. The molecule has 1 aromatic heterocycles. The van der Waals surface area contributed by atoms with Crippen molar-refractivity contribution in [1.82, 2.24) is 15.1 Å². The van der Waals surface area contributed by atoms with Gasteiger partial charge in [-0.1, -0.05) is 30.3 Å². The number of aryl methyl sites for hydroxylation is 1. The minimum absolute atomic E-state index is 0.00730. The van der Waals surface area contributed by atoms with Gasteiger partial charge >= 0.3 is 18.3 Å². The largest absolute Gasteiger partial charge is 0.478 e. The molecule has 0 saturated heterocycles. The smallest absolute Gasteiger partial charge is 0.436 e. The average molecular weight is 540 g/mol. The number of anilines is 1. The highest BCUT2D eigenvalue weighted by Crippen LogP contribution is 2.39. The molecule has 13 heteroatoms. The third-order valence-corrected chi connectivity index (χ3v) is 6.21. The number of carboxylic acids is 1. The first-order valence-electron chi connectivity index (χ1n) is 11.5. The Labute approximate surface area is 212 Å². The van der Waals surface area contributed by atoms with Crippen molar-refractivity contribution < 1.29 is 41.0 Å². The lowest BCUT2D eigenvalue weighted by molar-refractivity contribution is -0.142. The number of carbonyl (C=O) groups is 2. The van der Waals surface area contributed by atoms with E-state index in [4.69, 9.17) is 5.11 Å². The summed E-state index contributed by atoms with van der Waals surface area (Å²) in [7, 11) is 0. The van der Waals surface area contributed by atoms with E-state index in [2.05, 4.69) is 10.4 Å². The van der Waals surface area contributed by atoms with Gasteiger partial charge in [0.05, 0.1) is 17.2 Å². The highest BCUT2D eigenvalue weighted by Gasteiger charge is 2.44. The number of carbonyl (C=O) groups excluding carboxylic acids is 1. The third kappa shape index (κ3) is 5.46. The van der Waals surface area contributed by atoms with Crippen molar-refractivity contribution in [2.45, 2.75) is 44.8 Å². The lowest BCUT2D eigenvalue weighted by Crippen LogP contribution is -2.35. The monoisotopic (exact) mass is 540 g/mol. The van der Waals surface area contributed by atoms with Crippen molar-refractivity contribution in [3.63, 3.8) is 0 Å². The molecule has 0 fully saturated rings. The normalized spacial score (nSPS) is 14.7. The van der Waals surface area contributed by atoms with Crippen LogP contribution in [0.1, 0.15) is 62.5 Å². The van der Waals surface area contributed by atoms with Crippen LogP contribution in [0.15, 0.2) is 48.5 Å². The molecule has 2 N–H and O–H groups in total. The zero-order valence-electron chi connectivity index (χ0n) is 19.9. The third-order valence-electron chi connectivity index (χ3n) is 6.21. The Hall–Kier alpha value is -4.03. The van der Waals surface area contributed by atoms with E-state index in [0.29, 0.717) is 12.0 Å². The van der Waals surface area contributed by atoms with Crippen LogP contribution in [-0.2, 0) is 25.4 Å². The molecular weight excluding hydrogens is 518 g/mol. The molecule has 3 aromatic rings. The van der Waals surface area contributed by atoms with Gasteiger partial charge in [-0.05, 0) is 42.7 Å². The number of benzene rings is 2. The number of carboxylic acid groups (broad SMARTS) is 1. The maximum absolute atomic E-state index is 14.0. The number of aromatic nitrogens is 2. The Bertz CT molecular complexity index is 1350. The zero-order chi connectivity index (χ0) is 27.8. The summed E-state index contributed by atoms with van der Waals surface area (Å²) in [6.45, 7) is 1.29. The van der Waals surface area contributed by atoms with Crippen molar-refractivity contribution in [3.05, 3.63) is 82.0 Å². The van der Waals surface area contributed by atoms with Crippen LogP contribution < -0.4 is 10.2 Å². The van der Waals surface area contributed by atoms with E-state index in [9.17, 15) is 35.9 Å². The number of fused-ring (bicyclic) bond motifs is 1. The van der Waals surface area contributed by atoms with Gasteiger partial charge < -0.3 is 15.3 Å². The van der Waals surface area contributed by atoms with E-state index in [1.54, 1.807) is 0 Å². The van der Waals surface area contributed by atoms with E-state index >= 15 is 0 Å². The Morgan fingerprint density at radius 1 is 1.00 bits per heavy atom. The predicted molar refractivity (Wildman–Crippen MR) is 124 cm³/mol. The first kappa shape index (κ1) is 27.0. The molecule has 0 bridgehead atoms. The molecule has 202 valence electrons. The molecular formula is C25H22F6N4O3. The van der Waals surface area contributed by atoms with Crippen molar-refractivity contribution in [2.75, 3.05) is 11.4 Å². The molecule has 4 rings (SSSR count). The summed E-state index contributed by atoms with van der Waals surface area (Å²) in [6.07, 6.45) is -9.36. The maximum Gasteiger partial charge on any atom is 0.436 e. The van der Waals surface area contributed by atoms with Crippen LogP contribution in [0.25, 0.3) is 0 Å². The summed E-state index contributed by atoms with van der Waals surface area (Å²) < 4.78 is 83.6. The first-order valence-corrected chi connectivity index (χ1v) is 11.5. The van der Waals surface area contributed by atoms with Crippen LogP contribution in [0.5, 0.6) is 0 Å². The summed E-state index contributed by atoms with van der Waals surface area (Å²) >= 11 is 0. The van der Waals surface area contributed by atoms with E-state index in [1.807, 2.05) is 0 Å². The summed E-state index contributed by atoms with van der Waals surface area (Å²) in [5.74, 6) is -2.49. The molecule has 1 aliphatic rings. The second-order valence-electron chi connectivity index (χ2n) is 8.82. The molecule has 1 amide bonds. The number of halogens is 6. The second-order valence-corrected chi connectivity index (χ2v) is 8.82. The van der Waals surface area contributed by atoms with Crippen molar-refractivity contribution in [1.29, 1.82) is 0 Å². The van der Waals surface area contributed by atoms with Gasteiger partial charge in [-0.3, -0.25) is 4.79 Å². The topological polar surface area (TPSA) is 87.5 Å². The molecule has 0 aliphatic carbocycles. The fourth-order valence-corrected chi connectivity index (χ4v) is 4.42. The Morgan fingerprint density at radius 3 is 2.26 bits per heavy atom. The Kier molecular flexibility index (Phi) is 7.13. The van der Waals surface area contributed by atoms with E-state index in [-0.39, 0.29) is 36.6 Å². The van der Waals surface area contributed by atoms with Gasteiger partial charge in [0.1, 0.15) is 11.4 Å². The van der Waals surface area contributed by atoms with Gasteiger partial charge in [-0.25, -0.2) is 9.48 Å². The zero-order valence-corrected chi connectivity index (χ0v) is 19.9. The summed E-state index contributed by atoms with van der Waals surface area (Å²) in [5.41, 5.74) is -2.86. The van der Waals surface area contributed by atoms with E-state index in [1.165, 1.54) is 54.3 Å². The lowest BCUT2D eigenvalue weighted by Gasteiger charge is -2.31. The average Bonchev–Trinajstić information content (AvgIpc) is 3.25. The van der Waals surface area contributed by atoms with Gasteiger partial charge in [0.2, 0.25) is 0 Å². The first-order chi connectivity index (χ1) is 17.8. The highest BCUT2D eigenvalue weighted by molar-refractivity contribution is 6.01. The number of hydrogen-bond donors (Lipinski definition) is 2. The number of hydrogen-bond acceptors (Lipinski definition) is 4. The molecule has 38 heavy (non-hydrogen) atoms. The number of amides is 1.